The largest absolute Gasteiger partial charge is 0.396 e. The van der Waals surface area contributed by atoms with Crippen LogP contribution in [-0.4, -0.2) is 59.5 Å². The number of aliphatic hydroxyl groups excluding tert-OH is 1. The molecule has 0 amide bonds. The highest BCUT2D eigenvalue weighted by Crippen LogP contribution is 2.37. The maximum absolute atomic E-state index is 8.72. The third-order valence-corrected chi connectivity index (χ3v) is 6.08. The Morgan fingerprint density at radius 3 is 2.95 bits per heavy atom. The molecule has 0 aromatic carbocycles. The first kappa shape index (κ1) is 16.0. The van der Waals surface area contributed by atoms with Gasteiger partial charge >= 0.3 is 0 Å². The molecule has 0 aromatic heterocycles. The van der Waals surface area contributed by atoms with E-state index in [9.17, 15) is 0 Å². The van der Waals surface area contributed by atoms with Gasteiger partial charge in [0.2, 0.25) is 0 Å². The number of ether oxygens (including phenoxy) is 1. The predicted octanol–water partition coefficient (Wildman–Crippen LogP) is 2.14. The van der Waals surface area contributed by atoms with Crippen molar-refractivity contribution < 1.29 is 9.84 Å². The fourth-order valence-electron chi connectivity index (χ4n) is 2.90. The second-order valence-corrected chi connectivity index (χ2v) is 7.93. The van der Waals surface area contributed by atoms with Gasteiger partial charge in [-0.1, -0.05) is 0 Å². The number of nitrogens with one attached hydrogen (secondary N) is 1. The SMILES string of the molecule is OCCCSCCNC1CCOC2(CCSCC2)C1. The third kappa shape index (κ3) is 5.46. The highest BCUT2D eigenvalue weighted by molar-refractivity contribution is 7.99. The third-order valence-electron chi connectivity index (χ3n) is 4.02. The van der Waals surface area contributed by atoms with Crippen LogP contribution < -0.4 is 5.32 Å². The van der Waals surface area contributed by atoms with Gasteiger partial charge in [0.25, 0.3) is 0 Å². The molecule has 1 unspecified atom stereocenters. The lowest BCUT2D eigenvalue weighted by molar-refractivity contribution is -0.0929. The molecule has 5 heteroatoms. The van der Waals surface area contributed by atoms with Crippen LogP contribution in [0.2, 0.25) is 0 Å². The van der Waals surface area contributed by atoms with E-state index >= 15 is 0 Å². The average molecular weight is 306 g/mol. The van der Waals surface area contributed by atoms with Gasteiger partial charge in [-0.3, -0.25) is 0 Å². The Labute approximate surface area is 125 Å². The quantitative estimate of drug-likeness (QED) is 0.705. The minimum absolute atomic E-state index is 0.200. The minimum Gasteiger partial charge on any atom is -0.396 e. The Kier molecular flexibility index (Phi) is 7.37. The first-order chi connectivity index (χ1) is 9.35. The van der Waals surface area contributed by atoms with Crippen LogP contribution in [0.1, 0.15) is 32.1 Å². The first-order valence-corrected chi connectivity index (χ1v) is 9.79. The van der Waals surface area contributed by atoms with E-state index in [0.29, 0.717) is 12.6 Å². The van der Waals surface area contributed by atoms with Crippen LogP contribution in [0.25, 0.3) is 0 Å². The summed E-state index contributed by atoms with van der Waals surface area (Å²) < 4.78 is 6.11. The van der Waals surface area contributed by atoms with E-state index in [1.54, 1.807) is 0 Å². The van der Waals surface area contributed by atoms with Crippen molar-refractivity contribution in [3.05, 3.63) is 0 Å². The summed E-state index contributed by atoms with van der Waals surface area (Å²) in [6.07, 6.45) is 5.76. The van der Waals surface area contributed by atoms with Crippen LogP contribution in [-0.2, 0) is 4.74 Å². The normalized spacial score (nSPS) is 26.7. The molecule has 1 spiro atoms. The molecule has 2 saturated heterocycles. The maximum Gasteiger partial charge on any atom is 0.0713 e. The van der Waals surface area contributed by atoms with Crippen molar-refractivity contribution in [2.45, 2.75) is 43.7 Å². The molecule has 2 rings (SSSR count). The van der Waals surface area contributed by atoms with E-state index in [-0.39, 0.29) is 5.60 Å². The Balaban J connectivity index is 1.61. The van der Waals surface area contributed by atoms with Crippen LogP contribution in [0, 0.1) is 0 Å². The second kappa shape index (κ2) is 8.78. The molecule has 0 aliphatic carbocycles. The zero-order valence-electron chi connectivity index (χ0n) is 11.7. The standard InChI is InChI=1S/C14H27NO2S2/c16-6-1-8-18-11-5-15-13-2-7-17-14(12-13)3-9-19-10-4-14/h13,15-16H,1-12H2. The van der Waals surface area contributed by atoms with E-state index in [0.717, 1.165) is 37.5 Å². The van der Waals surface area contributed by atoms with E-state index < -0.39 is 0 Å². The van der Waals surface area contributed by atoms with Gasteiger partial charge in [0, 0.05) is 31.6 Å². The number of aliphatic hydroxyl groups is 1. The van der Waals surface area contributed by atoms with Crippen molar-refractivity contribution >= 4 is 23.5 Å². The predicted molar refractivity (Wildman–Crippen MR) is 85.3 cm³/mol. The van der Waals surface area contributed by atoms with Gasteiger partial charge in [-0.25, -0.2) is 0 Å². The summed E-state index contributed by atoms with van der Waals surface area (Å²) in [6, 6.07) is 0.648. The molecular formula is C14H27NO2S2. The minimum atomic E-state index is 0.200. The van der Waals surface area contributed by atoms with Crippen molar-refractivity contribution in [2.24, 2.45) is 0 Å². The fraction of sp³-hybridized carbons (Fsp3) is 1.00. The van der Waals surface area contributed by atoms with Crippen molar-refractivity contribution in [1.29, 1.82) is 0 Å². The van der Waals surface area contributed by atoms with Crippen molar-refractivity contribution in [3.63, 3.8) is 0 Å². The molecule has 2 N–H and O–H groups in total. The lowest BCUT2D eigenvalue weighted by Crippen LogP contribution is -2.49. The molecule has 0 aromatic rings. The van der Waals surface area contributed by atoms with E-state index in [1.807, 2.05) is 11.8 Å². The van der Waals surface area contributed by atoms with Gasteiger partial charge in [-0.15, -0.1) is 0 Å². The Hall–Kier alpha value is 0.580. The molecule has 3 nitrogen and oxygen atoms in total. The zero-order valence-corrected chi connectivity index (χ0v) is 13.4. The van der Waals surface area contributed by atoms with E-state index in [1.165, 1.54) is 30.8 Å². The number of rotatable bonds is 7. The molecule has 0 radical (unpaired) electrons. The Bertz CT molecular complexity index is 242. The summed E-state index contributed by atoms with van der Waals surface area (Å²) in [5, 5.41) is 12.4. The summed E-state index contributed by atoms with van der Waals surface area (Å²) in [5.41, 5.74) is 0.200. The van der Waals surface area contributed by atoms with Crippen LogP contribution in [0.5, 0.6) is 0 Å². The van der Waals surface area contributed by atoms with Crippen LogP contribution in [0.15, 0.2) is 0 Å². The molecule has 0 bridgehead atoms. The van der Waals surface area contributed by atoms with Gasteiger partial charge in [0.15, 0.2) is 0 Å². The molecular weight excluding hydrogens is 278 g/mol. The summed E-state index contributed by atoms with van der Waals surface area (Å²) in [7, 11) is 0. The molecule has 2 fully saturated rings. The Morgan fingerprint density at radius 2 is 2.16 bits per heavy atom. The Morgan fingerprint density at radius 1 is 1.32 bits per heavy atom. The second-order valence-electron chi connectivity index (χ2n) is 5.48. The topological polar surface area (TPSA) is 41.5 Å². The molecule has 1 atom stereocenters. The summed E-state index contributed by atoms with van der Waals surface area (Å²) in [6.45, 7) is 2.34. The van der Waals surface area contributed by atoms with Gasteiger partial charge in [-0.2, -0.15) is 23.5 Å². The number of hydrogen-bond acceptors (Lipinski definition) is 5. The molecule has 2 heterocycles. The van der Waals surface area contributed by atoms with Gasteiger partial charge in [0.05, 0.1) is 5.60 Å². The monoisotopic (exact) mass is 305 g/mol. The highest BCUT2D eigenvalue weighted by Gasteiger charge is 2.38. The van der Waals surface area contributed by atoms with E-state index in [2.05, 4.69) is 17.1 Å². The lowest BCUT2D eigenvalue weighted by atomic mass is 9.85. The molecule has 112 valence electrons. The van der Waals surface area contributed by atoms with Gasteiger partial charge in [-0.05, 0) is 49.4 Å². The maximum atomic E-state index is 8.72. The summed E-state index contributed by atoms with van der Waals surface area (Å²) >= 11 is 4.01. The summed E-state index contributed by atoms with van der Waals surface area (Å²) in [4.78, 5) is 0. The van der Waals surface area contributed by atoms with Crippen LogP contribution >= 0.6 is 23.5 Å². The van der Waals surface area contributed by atoms with Crippen LogP contribution in [0.3, 0.4) is 0 Å². The molecule has 0 saturated carbocycles. The van der Waals surface area contributed by atoms with Gasteiger partial charge < -0.3 is 15.2 Å². The molecule has 2 aliphatic heterocycles. The van der Waals surface area contributed by atoms with Gasteiger partial charge in [0.1, 0.15) is 0 Å². The number of hydrogen-bond donors (Lipinski definition) is 2. The average Bonchev–Trinajstić information content (AvgIpc) is 2.44. The number of thioether (sulfide) groups is 2. The zero-order chi connectivity index (χ0) is 13.4. The van der Waals surface area contributed by atoms with Crippen molar-refractivity contribution in [3.8, 4) is 0 Å². The fourth-order valence-corrected chi connectivity index (χ4v) is 4.93. The van der Waals surface area contributed by atoms with Crippen molar-refractivity contribution in [2.75, 3.05) is 42.8 Å². The first-order valence-electron chi connectivity index (χ1n) is 7.48. The van der Waals surface area contributed by atoms with Crippen LogP contribution in [0.4, 0.5) is 0 Å². The highest BCUT2D eigenvalue weighted by atomic mass is 32.2. The van der Waals surface area contributed by atoms with Crippen molar-refractivity contribution in [1.82, 2.24) is 5.32 Å². The smallest absolute Gasteiger partial charge is 0.0713 e. The summed E-state index contributed by atoms with van der Waals surface area (Å²) in [5.74, 6) is 4.76. The lowest BCUT2D eigenvalue weighted by Gasteiger charge is -2.43. The molecule has 2 aliphatic rings. The van der Waals surface area contributed by atoms with E-state index in [4.69, 9.17) is 9.84 Å². The molecule has 19 heavy (non-hydrogen) atoms.